The van der Waals surface area contributed by atoms with E-state index in [4.69, 9.17) is 0 Å². The summed E-state index contributed by atoms with van der Waals surface area (Å²) < 4.78 is 38.4. The van der Waals surface area contributed by atoms with E-state index in [1.165, 1.54) is 13.0 Å². The summed E-state index contributed by atoms with van der Waals surface area (Å²) in [7, 11) is 0. The standard InChI is InChI=1S/C12H8BrF3O/c1-2-3-4-11(17)9-6-5-8(13)7-10(9)12(14,15)16/h5-7H,4H2,1H3. The highest BCUT2D eigenvalue weighted by atomic mass is 79.9. The molecule has 0 saturated heterocycles. The quantitative estimate of drug-likeness (QED) is 0.595. The highest BCUT2D eigenvalue weighted by molar-refractivity contribution is 9.10. The Labute approximate surface area is 105 Å². The van der Waals surface area contributed by atoms with E-state index in [1.54, 1.807) is 0 Å². The molecule has 0 aromatic heterocycles. The molecule has 1 nitrogen and oxygen atoms in total. The summed E-state index contributed by atoms with van der Waals surface area (Å²) in [6, 6.07) is 3.46. The van der Waals surface area contributed by atoms with Crippen LogP contribution in [0.15, 0.2) is 22.7 Å². The van der Waals surface area contributed by atoms with Crippen LogP contribution in [0.1, 0.15) is 29.3 Å². The van der Waals surface area contributed by atoms with Crippen molar-refractivity contribution in [2.75, 3.05) is 0 Å². The van der Waals surface area contributed by atoms with E-state index in [0.29, 0.717) is 0 Å². The number of hydrogen-bond acceptors (Lipinski definition) is 1. The van der Waals surface area contributed by atoms with Crippen molar-refractivity contribution in [3.05, 3.63) is 33.8 Å². The average molecular weight is 305 g/mol. The molecule has 0 unspecified atom stereocenters. The molecule has 0 aliphatic rings. The van der Waals surface area contributed by atoms with Gasteiger partial charge in [-0.25, -0.2) is 0 Å². The summed E-state index contributed by atoms with van der Waals surface area (Å²) in [5.41, 5.74) is -1.28. The van der Waals surface area contributed by atoms with Gasteiger partial charge < -0.3 is 0 Å². The smallest absolute Gasteiger partial charge is 0.293 e. The molecule has 1 aromatic rings. The van der Waals surface area contributed by atoms with Gasteiger partial charge in [0.05, 0.1) is 12.0 Å². The Morgan fingerprint density at radius 3 is 2.59 bits per heavy atom. The second-order valence-corrected chi connectivity index (χ2v) is 4.13. The average Bonchev–Trinajstić information content (AvgIpc) is 2.24. The van der Waals surface area contributed by atoms with Gasteiger partial charge in [-0.3, -0.25) is 4.79 Å². The molecule has 0 spiro atoms. The Kier molecular flexibility index (Phi) is 4.35. The van der Waals surface area contributed by atoms with Crippen molar-refractivity contribution in [3.8, 4) is 11.8 Å². The molecule has 0 amide bonds. The van der Waals surface area contributed by atoms with Crippen molar-refractivity contribution in [2.24, 2.45) is 0 Å². The molecule has 0 N–H and O–H groups in total. The first-order valence-electron chi connectivity index (χ1n) is 4.66. The van der Waals surface area contributed by atoms with Crippen LogP contribution in [0.2, 0.25) is 0 Å². The van der Waals surface area contributed by atoms with E-state index in [-0.39, 0.29) is 16.5 Å². The Hall–Kier alpha value is -1.28. The zero-order valence-electron chi connectivity index (χ0n) is 8.86. The largest absolute Gasteiger partial charge is 0.417 e. The van der Waals surface area contributed by atoms with E-state index in [9.17, 15) is 18.0 Å². The van der Waals surface area contributed by atoms with E-state index < -0.39 is 17.5 Å². The number of halogens is 4. The van der Waals surface area contributed by atoms with Gasteiger partial charge in [0.15, 0.2) is 5.78 Å². The number of carbonyl (C=O) groups excluding carboxylic acids is 1. The van der Waals surface area contributed by atoms with Gasteiger partial charge in [0.25, 0.3) is 0 Å². The van der Waals surface area contributed by atoms with Crippen molar-refractivity contribution < 1.29 is 18.0 Å². The van der Waals surface area contributed by atoms with Crippen LogP contribution in [0.25, 0.3) is 0 Å². The molecular weight excluding hydrogens is 297 g/mol. The minimum Gasteiger partial charge on any atom is -0.293 e. The molecule has 0 aliphatic carbocycles. The molecule has 5 heteroatoms. The zero-order chi connectivity index (χ0) is 13.1. The molecule has 1 rings (SSSR count). The third-order valence-corrected chi connectivity index (χ3v) is 2.51. The summed E-state index contributed by atoms with van der Waals surface area (Å²) >= 11 is 2.95. The number of rotatable bonds is 2. The van der Waals surface area contributed by atoms with Gasteiger partial charge in [-0.1, -0.05) is 21.9 Å². The number of alkyl halides is 3. The molecule has 0 bridgehead atoms. The number of carbonyl (C=O) groups is 1. The van der Waals surface area contributed by atoms with E-state index in [1.807, 2.05) is 0 Å². The van der Waals surface area contributed by atoms with E-state index in [2.05, 4.69) is 27.8 Å². The first kappa shape index (κ1) is 13.8. The Morgan fingerprint density at radius 1 is 1.41 bits per heavy atom. The van der Waals surface area contributed by atoms with Gasteiger partial charge >= 0.3 is 6.18 Å². The third-order valence-electron chi connectivity index (χ3n) is 2.01. The number of ketones is 1. The fourth-order valence-electron chi connectivity index (χ4n) is 1.26. The second-order valence-electron chi connectivity index (χ2n) is 3.21. The van der Waals surface area contributed by atoms with Gasteiger partial charge in [-0.05, 0) is 25.1 Å². The molecule has 0 saturated carbocycles. The fourth-order valence-corrected chi connectivity index (χ4v) is 1.62. The number of hydrogen-bond donors (Lipinski definition) is 0. The predicted molar refractivity (Wildman–Crippen MR) is 61.5 cm³/mol. The van der Waals surface area contributed by atoms with Crippen LogP contribution >= 0.6 is 15.9 Å². The maximum atomic E-state index is 12.7. The van der Waals surface area contributed by atoms with Gasteiger partial charge in [-0.15, -0.1) is 5.92 Å². The highest BCUT2D eigenvalue weighted by Gasteiger charge is 2.35. The molecule has 0 fully saturated rings. The molecule has 0 radical (unpaired) electrons. The third kappa shape index (κ3) is 3.60. The van der Waals surface area contributed by atoms with Crippen molar-refractivity contribution >= 4 is 21.7 Å². The number of Topliss-reactive ketones (excluding diaryl/α,β-unsaturated/α-hetero) is 1. The predicted octanol–water partition coefficient (Wildman–Crippen LogP) is 4.06. The summed E-state index contributed by atoms with van der Waals surface area (Å²) in [5.74, 6) is 4.31. The van der Waals surface area contributed by atoms with Crippen LogP contribution < -0.4 is 0 Å². The van der Waals surface area contributed by atoms with Crippen molar-refractivity contribution in [3.63, 3.8) is 0 Å². The Morgan fingerprint density at radius 2 is 2.06 bits per heavy atom. The highest BCUT2D eigenvalue weighted by Crippen LogP contribution is 2.34. The summed E-state index contributed by atoms with van der Waals surface area (Å²) in [6.45, 7) is 1.53. The van der Waals surface area contributed by atoms with Crippen LogP contribution in [-0.2, 0) is 6.18 Å². The molecule has 0 aliphatic heterocycles. The SMILES string of the molecule is CC#CCC(=O)c1ccc(Br)cc1C(F)(F)F. The lowest BCUT2D eigenvalue weighted by Gasteiger charge is -2.11. The van der Waals surface area contributed by atoms with Gasteiger partial charge in [0.2, 0.25) is 0 Å². The molecule has 0 atom stereocenters. The van der Waals surface area contributed by atoms with Crippen LogP contribution in [0, 0.1) is 11.8 Å². The normalized spacial score (nSPS) is 10.6. The van der Waals surface area contributed by atoms with Gasteiger partial charge in [-0.2, -0.15) is 13.2 Å². The van der Waals surface area contributed by atoms with E-state index >= 15 is 0 Å². The summed E-state index contributed by atoms with van der Waals surface area (Å²) in [4.78, 5) is 11.6. The van der Waals surface area contributed by atoms with Crippen LogP contribution in [0.5, 0.6) is 0 Å². The Bertz CT molecular complexity index is 495. The van der Waals surface area contributed by atoms with Crippen LogP contribution in [0.4, 0.5) is 13.2 Å². The first-order chi connectivity index (χ1) is 7.86. The lowest BCUT2D eigenvalue weighted by atomic mass is 10.0. The van der Waals surface area contributed by atoms with Gasteiger partial charge in [0.1, 0.15) is 0 Å². The maximum Gasteiger partial charge on any atom is 0.417 e. The molecule has 1 aromatic carbocycles. The summed E-state index contributed by atoms with van der Waals surface area (Å²) in [6.07, 6.45) is -4.75. The topological polar surface area (TPSA) is 17.1 Å². The minimum absolute atomic E-state index is 0.207. The second kappa shape index (κ2) is 5.37. The van der Waals surface area contributed by atoms with Crippen LogP contribution in [-0.4, -0.2) is 5.78 Å². The lowest BCUT2D eigenvalue weighted by Crippen LogP contribution is -2.12. The molecule has 0 heterocycles. The fraction of sp³-hybridized carbons (Fsp3) is 0.250. The van der Waals surface area contributed by atoms with Crippen molar-refractivity contribution in [1.82, 2.24) is 0 Å². The zero-order valence-corrected chi connectivity index (χ0v) is 10.4. The first-order valence-corrected chi connectivity index (χ1v) is 5.45. The van der Waals surface area contributed by atoms with Crippen molar-refractivity contribution in [2.45, 2.75) is 19.5 Å². The summed E-state index contributed by atoms with van der Waals surface area (Å²) in [5, 5.41) is 0. The van der Waals surface area contributed by atoms with Gasteiger partial charge in [0, 0.05) is 10.0 Å². The molecule has 17 heavy (non-hydrogen) atoms. The maximum absolute atomic E-state index is 12.7. The molecule has 90 valence electrons. The van der Waals surface area contributed by atoms with Crippen LogP contribution in [0.3, 0.4) is 0 Å². The Balaban J connectivity index is 3.22. The lowest BCUT2D eigenvalue weighted by molar-refractivity contribution is -0.137. The van der Waals surface area contributed by atoms with Crippen molar-refractivity contribution in [1.29, 1.82) is 0 Å². The monoisotopic (exact) mass is 304 g/mol. The molecular formula is C12H8BrF3O. The van der Waals surface area contributed by atoms with E-state index in [0.717, 1.165) is 12.1 Å². The minimum atomic E-state index is -4.55. The number of benzene rings is 1.